The number of ether oxygens (including phenoxy) is 1. The van der Waals surface area contributed by atoms with Crippen molar-refractivity contribution in [2.45, 2.75) is 12.5 Å². The summed E-state index contributed by atoms with van der Waals surface area (Å²) in [5.41, 5.74) is 2.25. The van der Waals surface area contributed by atoms with Crippen molar-refractivity contribution in [3.05, 3.63) is 120 Å². The number of rotatable bonds is 9. The maximum Gasteiger partial charge on any atom is 0.255 e. The summed E-state index contributed by atoms with van der Waals surface area (Å²) in [6, 6.07) is 27.6. The molecular formula is C30H27N3O5. The van der Waals surface area contributed by atoms with E-state index in [0.717, 1.165) is 5.56 Å². The van der Waals surface area contributed by atoms with Crippen LogP contribution in [0.4, 0.5) is 11.4 Å². The van der Waals surface area contributed by atoms with Crippen molar-refractivity contribution in [1.82, 2.24) is 5.32 Å². The van der Waals surface area contributed by atoms with Crippen molar-refractivity contribution in [2.75, 3.05) is 17.7 Å². The third-order valence-corrected chi connectivity index (χ3v) is 5.81. The first-order chi connectivity index (χ1) is 18.4. The van der Waals surface area contributed by atoms with E-state index >= 15 is 0 Å². The quantitative estimate of drug-likeness (QED) is 0.262. The average Bonchev–Trinajstić information content (AvgIpc) is 2.94. The first-order valence-electron chi connectivity index (χ1n) is 11.9. The predicted molar refractivity (Wildman–Crippen MR) is 146 cm³/mol. The minimum atomic E-state index is -0.933. The van der Waals surface area contributed by atoms with Crippen molar-refractivity contribution < 1.29 is 24.2 Å². The number of phenolic OH excluding ortho intramolecular Hbond substituents is 1. The van der Waals surface area contributed by atoms with Crippen LogP contribution >= 0.6 is 0 Å². The Kier molecular flexibility index (Phi) is 8.35. The highest BCUT2D eigenvalue weighted by Gasteiger charge is 2.24. The van der Waals surface area contributed by atoms with E-state index in [4.69, 9.17) is 4.74 Å². The highest BCUT2D eigenvalue weighted by atomic mass is 16.5. The molecule has 0 saturated heterocycles. The van der Waals surface area contributed by atoms with E-state index in [1.807, 2.05) is 6.07 Å². The topological polar surface area (TPSA) is 117 Å². The highest BCUT2D eigenvalue weighted by molar-refractivity contribution is 6.10. The Bertz CT molecular complexity index is 1400. The summed E-state index contributed by atoms with van der Waals surface area (Å²) >= 11 is 0. The molecule has 8 heteroatoms. The molecule has 0 heterocycles. The molecule has 0 unspecified atom stereocenters. The van der Waals surface area contributed by atoms with Crippen LogP contribution in [0.1, 0.15) is 26.3 Å². The molecule has 0 aromatic heterocycles. The monoisotopic (exact) mass is 509 g/mol. The number of hydrogen-bond donors (Lipinski definition) is 4. The van der Waals surface area contributed by atoms with Crippen LogP contribution in [0.5, 0.6) is 11.5 Å². The van der Waals surface area contributed by atoms with E-state index in [1.54, 1.807) is 92.0 Å². The van der Waals surface area contributed by atoms with Gasteiger partial charge in [0.2, 0.25) is 5.91 Å². The van der Waals surface area contributed by atoms with E-state index in [2.05, 4.69) is 16.0 Å². The van der Waals surface area contributed by atoms with Gasteiger partial charge in [0, 0.05) is 17.7 Å². The van der Waals surface area contributed by atoms with Crippen LogP contribution in [0.2, 0.25) is 0 Å². The molecule has 0 fully saturated rings. The summed E-state index contributed by atoms with van der Waals surface area (Å²) in [4.78, 5) is 39.4. The fraction of sp³-hybridized carbons (Fsp3) is 0.100. The van der Waals surface area contributed by atoms with Gasteiger partial charge in [-0.25, -0.2) is 0 Å². The first-order valence-corrected chi connectivity index (χ1v) is 11.9. The molecule has 4 aromatic carbocycles. The largest absolute Gasteiger partial charge is 0.508 e. The number of methoxy groups -OCH3 is 1. The van der Waals surface area contributed by atoms with Crippen molar-refractivity contribution in [2.24, 2.45) is 0 Å². The fourth-order valence-electron chi connectivity index (χ4n) is 3.79. The Hall–Kier alpha value is -5.11. The zero-order valence-corrected chi connectivity index (χ0v) is 20.7. The minimum absolute atomic E-state index is 0.101. The Balaban J connectivity index is 1.54. The van der Waals surface area contributed by atoms with Crippen LogP contribution < -0.4 is 20.7 Å². The zero-order valence-electron chi connectivity index (χ0n) is 20.7. The summed E-state index contributed by atoms with van der Waals surface area (Å²) in [6.07, 6.45) is 0.186. The molecule has 1 atom stereocenters. The molecule has 0 aliphatic carbocycles. The average molecular weight is 510 g/mol. The minimum Gasteiger partial charge on any atom is -0.508 e. The molecule has 8 nitrogen and oxygen atoms in total. The molecule has 4 rings (SSSR count). The van der Waals surface area contributed by atoms with Crippen LogP contribution in [0.25, 0.3) is 0 Å². The van der Waals surface area contributed by atoms with Gasteiger partial charge in [-0.15, -0.1) is 0 Å². The lowest BCUT2D eigenvalue weighted by atomic mass is 10.0. The third-order valence-electron chi connectivity index (χ3n) is 5.81. The van der Waals surface area contributed by atoms with E-state index < -0.39 is 23.8 Å². The molecule has 0 aliphatic heterocycles. The van der Waals surface area contributed by atoms with Gasteiger partial charge in [0.1, 0.15) is 17.5 Å². The molecule has 0 bridgehead atoms. The second-order valence-corrected chi connectivity index (χ2v) is 8.48. The van der Waals surface area contributed by atoms with Gasteiger partial charge in [0.05, 0.1) is 18.4 Å². The van der Waals surface area contributed by atoms with E-state index in [0.29, 0.717) is 22.7 Å². The van der Waals surface area contributed by atoms with E-state index in [-0.39, 0.29) is 17.7 Å². The summed E-state index contributed by atoms with van der Waals surface area (Å²) in [6.45, 7) is 0. The second kappa shape index (κ2) is 12.2. The lowest BCUT2D eigenvalue weighted by Crippen LogP contribution is -2.45. The van der Waals surface area contributed by atoms with Gasteiger partial charge in [-0.2, -0.15) is 0 Å². The van der Waals surface area contributed by atoms with Crippen LogP contribution in [0.3, 0.4) is 0 Å². The van der Waals surface area contributed by atoms with Gasteiger partial charge in [-0.05, 0) is 66.2 Å². The number of carbonyl (C=O) groups excluding carboxylic acids is 3. The predicted octanol–water partition coefficient (Wildman–Crippen LogP) is 4.63. The van der Waals surface area contributed by atoms with Gasteiger partial charge in [0.25, 0.3) is 11.8 Å². The maximum atomic E-state index is 13.4. The number of amides is 3. The van der Waals surface area contributed by atoms with Crippen LogP contribution in [-0.2, 0) is 11.2 Å². The summed E-state index contributed by atoms with van der Waals surface area (Å²) in [7, 11) is 1.54. The molecule has 0 aliphatic rings. The zero-order chi connectivity index (χ0) is 26.9. The smallest absolute Gasteiger partial charge is 0.255 e. The van der Waals surface area contributed by atoms with Gasteiger partial charge in [-0.1, -0.05) is 42.5 Å². The highest BCUT2D eigenvalue weighted by Crippen LogP contribution is 2.19. The number of anilines is 2. The molecule has 4 N–H and O–H groups in total. The number of nitrogens with one attached hydrogen (secondary N) is 3. The van der Waals surface area contributed by atoms with Crippen molar-refractivity contribution in [3.63, 3.8) is 0 Å². The number of phenols is 1. The van der Waals surface area contributed by atoms with E-state index in [1.165, 1.54) is 12.1 Å². The standard InChI is InChI=1S/C30H27N3O5/c1-38-24-17-13-21(14-18-24)28(35)32-26-10-6-5-9-25(26)29(36)33-27(19-20-11-15-23(34)16-12-20)30(37)31-22-7-3-2-4-8-22/h2-18,27,34H,19H2,1H3,(H,31,37)(H,32,35)(H,33,36)/t27-/m1/s1. The summed E-state index contributed by atoms with van der Waals surface area (Å²) < 4.78 is 5.13. The molecular weight excluding hydrogens is 482 g/mol. The SMILES string of the molecule is COc1ccc(C(=O)Nc2ccccc2C(=O)N[C@H](Cc2ccc(O)cc2)C(=O)Nc2ccccc2)cc1. The van der Waals surface area contributed by atoms with Gasteiger partial charge in [0.15, 0.2) is 0 Å². The molecule has 38 heavy (non-hydrogen) atoms. The van der Waals surface area contributed by atoms with Gasteiger partial charge >= 0.3 is 0 Å². The third kappa shape index (κ3) is 6.76. The molecule has 192 valence electrons. The van der Waals surface area contributed by atoms with Crippen LogP contribution in [-0.4, -0.2) is 36.0 Å². The van der Waals surface area contributed by atoms with Gasteiger partial charge < -0.3 is 25.8 Å². The van der Waals surface area contributed by atoms with Crippen molar-refractivity contribution in [1.29, 1.82) is 0 Å². The fourth-order valence-corrected chi connectivity index (χ4v) is 3.79. The Morgan fingerprint density at radius 3 is 2.11 bits per heavy atom. The molecule has 0 spiro atoms. The van der Waals surface area contributed by atoms with Gasteiger partial charge in [-0.3, -0.25) is 14.4 Å². The van der Waals surface area contributed by atoms with Crippen LogP contribution in [0.15, 0.2) is 103 Å². The Morgan fingerprint density at radius 1 is 0.763 bits per heavy atom. The first kappa shape index (κ1) is 26.0. The maximum absolute atomic E-state index is 13.4. The molecule has 0 saturated carbocycles. The normalized spacial score (nSPS) is 11.2. The lowest BCUT2D eigenvalue weighted by molar-refractivity contribution is -0.118. The number of carbonyl (C=O) groups is 3. The molecule has 0 radical (unpaired) electrons. The lowest BCUT2D eigenvalue weighted by Gasteiger charge is -2.20. The number of para-hydroxylation sites is 2. The number of aromatic hydroxyl groups is 1. The Labute approximate surface area is 220 Å². The molecule has 3 amide bonds. The molecule has 4 aromatic rings. The van der Waals surface area contributed by atoms with Crippen molar-refractivity contribution >= 4 is 29.1 Å². The second-order valence-electron chi connectivity index (χ2n) is 8.48. The summed E-state index contributed by atoms with van der Waals surface area (Å²) in [5.74, 6) is -0.602. The Morgan fingerprint density at radius 2 is 1.42 bits per heavy atom. The van der Waals surface area contributed by atoms with Crippen molar-refractivity contribution in [3.8, 4) is 11.5 Å². The number of benzene rings is 4. The van der Waals surface area contributed by atoms with Crippen LogP contribution in [0, 0.1) is 0 Å². The van der Waals surface area contributed by atoms with E-state index in [9.17, 15) is 19.5 Å². The number of hydrogen-bond acceptors (Lipinski definition) is 5. The summed E-state index contributed by atoms with van der Waals surface area (Å²) in [5, 5.41) is 18.0.